The molecule has 0 aliphatic carbocycles. The van der Waals surface area contributed by atoms with Gasteiger partial charge in [-0.2, -0.15) is 0 Å². The van der Waals surface area contributed by atoms with E-state index < -0.39 is 5.54 Å². The van der Waals surface area contributed by atoms with E-state index in [1.807, 2.05) is 20.8 Å². The van der Waals surface area contributed by atoms with Gasteiger partial charge in [0.05, 0.1) is 11.7 Å². The predicted octanol–water partition coefficient (Wildman–Crippen LogP) is 1.91. The zero-order chi connectivity index (χ0) is 12.6. The van der Waals surface area contributed by atoms with Crippen LogP contribution in [0.3, 0.4) is 0 Å². The van der Waals surface area contributed by atoms with Gasteiger partial charge in [0, 0.05) is 0 Å². The number of halogens is 1. The van der Waals surface area contributed by atoms with Crippen LogP contribution in [-0.4, -0.2) is 15.0 Å². The Kier molecular flexibility index (Phi) is 2.71. The predicted molar refractivity (Wildman–Crippen MR) is 63.3 cm³/mol. The highest BCUT2D eigenvalue weighted by Gasteiger charge is 2.19. The number of rotatable bonds is 2. The van der Waals surface area contributed by atoms with Gasteiger partial charge in [-0.1, -0.05) is 11.3 Å². The molecule has 0 saturated carbocycles. The van der Waals surface area contributed by atoms with E-state index >= 15 is 0 Å². The van der Waals surface area contributed by atoms with Crippen molar-refractivity contribution in [3.63, 3.8) is 0 Å². The monoisotopic (exact) mass is 234 g/mol. The molecule has 2 aromatic rings. The average molecular weight is 234 g/mol. The zero-order valence-electron chi connectivity index (χ0n) is 10.1. The second-order valence-corrected chi connectivity index (χ2v) is 4.72. The summed E-state index contributed by atoms with van der Waals surface area (Å²) >= 11 is 0. The highest BCUT2D eigenvalue weighted by atomic mass is 19.1. The molecule has 1 aromatic carbocycles. The van der Waals surface area contributed by atoms with Gasteiger partial charge in [0.25, 0.3) is 0 Å². The van der Waals surface area contributed by atoms with Gasteiger partial charge < -0.3 is 5.73 Å². The summed E-state index contributed by atoms with van der Waals surface area (Å²) in [6, 6.07) is 4.85. The van der Waals surface area contributed by atoms with E-state index in [-0.39, 0.29) is 5.82 Å². The van der Waals surface area contributed by atoms with Crippen LogP contribution in [0.4, 0.5) is 4.39 Å². The third-order valence-corrected chi connectivity index (χ3v) is 2.50. The lowest BCUT2D eigenvalue weighted by Crippen LogP contribution is -2.29. The summed E-state index contributed by atoms with van der Waals surface area (Å²) in [7, 11) is 0. The standard InChI is InChI=1S/C12H15FN4/c1-8-4-5-9(13)10(6-8)17-7-11(15-16-17)12(2,3)14/h4-7H,14H2,1-3H3. The summed E-state index contributed by atoms with van der Waals surface area (Å²) < 4.78 is 15.1. The number of aryl methyl sites for hydroxylation is 1. The van der Waals surface area contributed by atoms with Crippen LogP contribution < -0.4 is 5.73 Å². The highest BCUT2D eigenvalue weighted by molar-refractivity contribution is 5.36. The summed E-state index contributed by atoms with van der Waals surface area (Å²) in [5, 5.41) is 7.86. The molecule has 90 valence electrons. The molecule has 17 heavy (non-hydrogen) atoms. The number of nitrogens with zero attached hydrogens (tertiary/aromatic N) is 3. The van der Waals surface area contributed by atoms with E-state index in [1.165, 1.54) is 10.7 Å². The Morgan fingerprint density at radius 1 is 1.35 bits per heavy atom. The Hall–Kier alpha value is -1.75. The molecule has 4 nitrogen and oxygen atoms in total. The normalized spacial score (nSPS) is 11.8. The average Bonchev–Trinajstić information content (AvgIpc) is 2.70. The Labute approximate surface area is 99.2 Å². The van der Waals surface area contributed by atoms with Gasteiger partial charge in [0.2, 0.25) is 0 Å². The molecule has 0 unspecified atom stereocenters. The first kappa shape index (κ1) is 11.7. The van der Waals surface area contributed by atoms with Crippen LogP contribution in [0, 0.1) is 12.7 Å². The van der Waals surface area contributed by atoms with Crippen LogP contribution in [0.2, 0.25) is 0 Å². The van der Waals surface area contributed by atoms with Gasteiger partial charge in [-0.3, -0.25) is 0 Å². The summed E-state index contributed by atoms with van der Waals surface area (Å²) in [6.07, 6.45) is 1.65. The van der Waals surface area contributed by atoms with Gasteiger partial charge in [0.15, 0.2) is 0 Å². The molecule has 0 bridgehead atoms. The van der Waals surface area contributed by atoms with E-state index in [1.54, 1.807) is 18.3 Å². The van der Waals surface area contributed by atoms with Crippen molar-refractivity contribution in [2.45, 2.75) is 26.3 Å². The highest BCUT2D eigenvalue weighted by Crippen LogP contribution is 2.18. The van der Waals surface area contributed by atoms with E-state index in [0.717, 1.165) is 5.56 Å². The molecule has 2 rings (SSSR count). The minimum absolute atomic E-state index is 0.332. The molecule has 0 atom stereocenters. The van der Waals surface area contributed by atoms with Crippen molar-refractivity contribution in [1.29, 1.82) is 0 Å². The topological polar surface area (TPSA) is 56.7 Å². The Morgan fingerprint density at radius 2 is 2.06 bits per heavy atom. The molecule has 0 saturated heterocycles. The largest absolute Gasteiger partial charge is 0.320 e. The first-order chi connectivity index (χ1) is 7.88. The lowest BCUT2D eigenvalue weighted by molar-refractivity contribution is 0.533. The minimum atomic E-state index is -0.585. The third kappa shape index (κ3) is 2.34. The molecule has 0 aliphatic rings. The Morgan fingerprint density at radius 3 is 2.65 bits per heavy atom. The molecule has 5 heteroatoms. The molecule has 2 N–H and O–H groups in total. The molecule has 1 aromatic heterocycles. The fourth-order valence-corrected chi connectivity index (χ4v) is 1.48. The van der Waals surface area contributed by atoms with Crippen molar-refractivity contribution >= 4 is 0 Å². The van der Waals surface area contributed by atoms with Crippen molar-refractivity contribution in [3.8, 4) is 5.69 Å². The fraction of sp³-hybridized carbons (Fsp3) is 0.333. The van der Waals surface area contributed by atoms with Gasteiger partial charge >= 0.3 is 0 Å². The van der Waals surface area contributed by atoms with Crippen molar-refractivity contribution in [1.82, 2.24) is 15.0 Å². The zero-order valence-corrected chi connectivity index (χ0v) is 10.1. The quantitative estimate of drug-likeness (QED) is 0.863. The third-order valence-electron chi connectivity index (χ3n) is 2.50. The second kappa shape index (κ2) is 3.92. The number of hydrogen-bond acceptors (Lipinski definition) is 3. The van der Waals surface area contributed by atoms with Crippen LogP contribution in [0.5, 0.6) is 0 Å². The van der Waals surface area contributed by atoms with Crippen LogP contribution in [0.25, 0.3) is 5.69 Å². The number of nitrogens with two attached hydrogens (primary N) is 1. The first-order valence-electron chi connectivity index (χ1n) is 5.36. The summed E-state index contributed by atoms with van der Waals surface area (Å²) in [5.41, 5.74) is 7.29. The fourth-order valence-electron chi connectivity index (χ4n) is 1.48. The molecular formula is C12H15FN4. The smallest absolute Gasteiger partial charge is 0.148 e. The van der Waals surface area contributed by atoms with Crippen LogP contribution in [0.1, 0.15) is 25.1 Å². The number of hydrogen-bond donors (Lipinski definition) is 1. The van der Waals surface area contributed by atoms with E-state index in [2.05, 4.69) is 10.3 Å². The van der Waals surface area contributed by atoms with Crippen molar-refractivity contribution < 1.29 is 4.39 Å². The summed E-state index contributed by atoms with van der Waals surface area (Å²) in [6.45, 7) is 5.55. The molecule has 0 fully saturated rings. The van der Waals surface area contributed by atoms with Crippen molar-refractivity contribution in [2.24, 2.45) is 5.73 Å². The summed E-state index contributed by atoms with van der Waals surface area (Å²) in [4.78, 5) is 0. The van der Waals surface area contributed by atoms with E-state index in [9.17, 15) is 4.39 Å². The number of benzene rings is 1. The molecule has 0 radical (unpaired) electrons. The van der Waals surface area contributed by atoms with Gasteiger partial charge in [-0.25, -0.2) is 9.07 Å². The Balaban J connectivity index is 2.47. The van der Waals surface area contributed by atoms with Crippen LogP contribution >= 0.6 is 0 Å². The molecule has 1 heterocycles. The lowest BCUT2D eigenvalue weighted by atomic mass is 10.0. The SMILES string of the molecule is Cc1ccc(F)c(-n2cc(C(C)(C)N)nn2)c1. The van der Waals surface area contributed by atoms with Gasteiger partial charge in [-0.05, 0) is 38.5 Å². The second-order valence-electron chi connectivity index (χ2n) is 4.72. The van der Waals surface area contributed by atoms with Crippen molar-refractivity contribution in [2.75, 3.05) is 0 Å². The van der Waals surface area contributed by atoms with Gasteiger partial charge in [-0.15, -0.1) is 5.10 Å². The lowest BCUT2D eigenvalue weighted by Gasteiger charge is -2.13. The molecule has 0 spiro atoms. The molecule has 0 amide bonds. The van der Waals surface area contributed by atoms with Crippen LogP contribution in [0.15, 0.2) is 24.4 Å². The first-order valence-corrected chi connectivity index (χ1v) is 5.36. The van der Waals surface area contributed by atoms with E-state index in [4.69, 9.17) is 5.73 Å². The maximum Gasteiger partial charge on any atom is 0.148 e. The summed E-state index contributed by atoms with van der Waals surface area (Å²) in [5.74, 6) is -0.332. The maximum atomic E-state index is 13.6. The maximum absolute atomic E-state index is 13.6. The van der Waals surface area contributed by atoms with Crippen molar-refractivity contribution in [3.05, 3.63) is 41.5 Å². The Bertz CT molecular complexity index is 540. The van der Waals surface area contributed by atoms with Gasteiger partial charge in [0.1, 0.15) is 17.2 Å². The molecular weight excluding hydrogens is 219 g/mol. The number of aromatic nitrogens is 3. The molecule has 0 aliphatic heterocycles. The van der Waals surface area contributed by atoms with E-state index in [0.29, 0.717) is 11.4 Å². The minimum Gasteiger partial charge on any atom is -0.320 e. The van der Waals surface area contributed by atoms with Crippen LogP contribution in [-0.2, 0) is 5.54 Å².